The highest BCUT2D eigenvalue weighted by atomic mass is 16.5. The minimum absolute atomic E-state index is 0.309. The third-order valence-electron chi connectivity index (χ3n) is 4.94. The minimum atomic E-state index is -0.336. The number of ether oxygens (including phenoxy) is 1. The summed E-state index contributed by atoms with van der Waals surface area (Å²) < 4.78 is 6.96. The van der Waals surface area contributed by atoms with Crippen molar-refractivity contribution in [3.63, 3.8) is 0 Å². The maximum atomic E-state index is 11.7. The van der Waals surface area contributed by atoms with Crippen LogP contribution in [0.4, 0.5) is 0 Å². The number of esters is 1. The van der Waals surface area contributed by atoms with Crippen LogP contribution >= 0.6 is 0 Å². The smallest absolute Gasteiger partial charge is 0.337 e. The van der Waals surface area contributed by atoms with Crippen molar-refractivity contribution in [1.82, 2.24) is 9.55 Å². The molecule has 3 rings (SSSR count). The Bertz CT molecular complexity index is 687. The lowest BCUT2D eigenvalue weighted by Crippen LogP contribution is -2.21. The Balaban J connectivity index is 1.75. The fourth-order valence-electron chi connectivity index (χ4n) is 3.49. The van der Waals surface area contributed by atoms with Crippen LogP contribution in [-0.4, -0.2) is 34.3 Å². The van der Waals surface area contributed by atoms with Crippen LogP contribution in [0.15, 0.2) is 36.7 Å². The topological polar surface area (TPSA) is 64.3 Å². The van der Waals surface area contributed by atoms with E-state index in [1.807, 2.05) is 24.4 Å². The number of benzene rings is 1. The second-order valence-corrected chi connectivity index (χ2v) is 6.54. The lowest BCUT2D eigenvalue weighted by atomic mass is 9.82. The molecule has 1 aliphatic rings. The SMILES string of the molecule is COC(=O)c1cccc(-c2nccn2CC2CCC(CO)CC2)c1. The molecule has 1 aromatic heterocycles. The third-order valence-corrected chi connectivity index (χ3v) is 4.94. The van der Waals surface area contributed by atoms with Gasteiger partial charge in [0.2, 0.25) is 0 Å². The average molecular weight is 328 g/mol. The Hall–Kier alpha value is -2.14. The zero-order chi connectivity index (χ0) is 16.9. The van der Waals surface area contributed by atoms with Gasteiger partial charge in [0.05, 0.1) is 12.7 Å². The number of methoxy groups -OCH3 is 1. The van der Waals surface area contributed by atoms with E-state index in [-0.39, 0.29) is 5.97 Å². The van der Waals surface area contributed by atoms with Gasteiger partial charge in [0, 0.05) is 31.1 Å². The van der Waals surface area contributed by atoms with Crippen molar-refractivity contribution in [2.45, 2.75) is 32.2 Å². The van der Waals surface area contributed by atoms with E-state index >= 15 is 0 Å². The summed E-state index contributed by atoms with van der Waals surface area (Å²) in [7, 11) is 1.39. The number of aromatic nitrogens is 2. The number of rotatable bonds is 5. The molecule has 0 atom stereocenters. The van der Waals surface area contributed by atoms with Crippen LogP contribution < -0.4 is 0 Å². The quantitative estimate of drug-likeness (QED) is 0.857. The van der Waals surface area contributed by atoms with Crippen LogP contribution in [-0.2, 0) is 11.3 Å². The van der Waals surface area contributed by atoms with Crippen LogP contribution in [0.25, 0.3) is 11.4 Å². The third kappa shape index (κ3) is 3.67. The zero-order valence-corrected chi connectivity index (χ0v) is 14.0. The molecule has 1 aromatic carbocycles. The fraction of sp³-hybridized carbons (Fsp3) is 0.474. The van der Waals surface area contributed by atoms with Crippen LogP contribution in [0.2, 0.25) is 0 Å². The molecule has 1 N–H and O–H groups in total. The first-order valence-electron chi connectivity index (χ1n) is 8.52. The van der Waals surface area contributed by atoms with E-state index in [2.05, 4.69) is 9.55 Å². The first-order chi connectivity index (χ1) is 11.7. The highest BCUT2D eigenvalue weighted by molar-refractivity contribution is 5.90. The van der Waals surface area contributed by atoms with E-state index < -0.39 is 0 Å². The first kappa shape index (κ1) is 16.7. The van der Waals surface area contributed by atoms with Gasteiger partial charge in [-0.3, -0.25) is 0 Å². The summed E-state index contributed by atoms with van der Waals surface area (Å²) in [5.41, 5.74) is 1.46. The molecule has 1 heterocycles. The molecule has 1 saturated carbocycles. The molecule has 5 heteroatoms. The van der Waals surface area contributed by atoms with Crippen LogP contribution in [0.3, 0.4) is 0 Å². The van der Waals surface area contributed by atoms with Crippen LogP contribution in [0.1, 0.15) is 36.0 Å². The number of carbonyl (C=O) groups excluding carboxylic acids is 1. The molecule has 128 valence electrons. The van der Waals surface area contributed by atoms with E-state index in [9.17, 15) is 9.90 Å². The Kier molecular flexibility index (Phi) is 5.30. The summed E-state index contributed by atoms with van der Waals surface area (Å²) in [6.07, 6.45) is 8.29. The number of aliphatic hydroxyl groups is 1. The monoisotopic (exact) mass is 328 g/mol. The summed E-state index contributed by atoms with van der Waals surface area (Å²) in [6.45, 7) is 1.24. The summed E-state index contributed by atoms with van der Waals surface area (Å²) in [5, 5.41) is 9.26. The normalized spacial score (nSPS) is 20.8. The Morgan fingerprint density at radius 2 is 2.04 bits per heavy atom. The lowest BCUT2D eigenvalue weighted by molar-refractivity contribution is 0.0601. The first-order valence-corrected chi connectivity index (χ1v) is 8.52. The largest absolute Gasteiger partial charge is 0.465 e. The predicted molar refractivity (Wildman–Crippen MR) is 91.5 cm³/mol. The standard InChI is InChI=1S/C19H24N2O3/c1-24-19(23)17-4-2-3-16(11-17)18-20-9-10-21(18)12-14-5-7-15(13-22)8-6-14/h2-4,9-11,14-15,22H,5-8,12-13H2,1H3. The number of hydrogen-bond donors (Lipinski definition) is 1. The van der Waals surface area contributed by atoms with Gasteiger partial charge in [-0.1, -0.05) is 12.1 Å². The molecule has 1 fully saturated rings. The Morgan fingerprint density at radius 3 is 2.75 bits per heavy atom. The maximum Gasteiger partial charge on any atom is 0.337 e. The van der Waals surface area contributed by atoms with Gasteiger partial charge in [0.15, 0.2) is 0 Å². The number of hydrogen-bond acceptors (Lipinski definition) is 4. The van der Waals surface area contributed by atoms with E-state index in [1.54, 1.807) is 12.3 Å². The molecule has 2 aromatic rings. The minimum Gasteiger partial charge on any atom is -0.465 e. The van der Waals surface area contributed by atoms with E-state index in [1.165, 1.54) is 7.11 Å². The molecule has 5 nitrogen and oxygen atoms in total. The van der Waals surface area contributed by atoms with Crippen molar-refractivity contribution >= 4 is 5.97 Å². The highest BCUT2D eigenvalue weighted by Crippen LogP contribution is 2.30. The molecular formula is C19H24N2O3. The van der Waals surface area contributed by atoms with Gasteiger partial charge < -0.3 is 14.4 Å². The fourth-order valence-corrected chi connectivity index (χ4v) is 3.49. The Morgan fingerprint density at radius 1 is 1.29 bits per heavy atom. The van der Waals surface area contributed by atoms with Crippen molar-refractivity contribution in [3.05, 3.63) is 42.2 Å². The average Bonchev–Trinajstić information content (AvgIpc) is 3.10. The molecule has 0 spiro atoms. The summed E-state index contributed by atoms with van der Waals surface area (Å²) in [5.74, 6) is 1.63. The zero-order valence-electron chi connectivity index (χ0n) is 14.0. The summed E-state index contributed by atoms with van der Waals surface area (Å²) in [4.78, 5) is 16.2. The molecule has 0 saturated heterocycles. The van der Waals surface area contributed by atoms with E-state index in [0.29, 0.717) is 24.0 Å². The van der Waals surface area contributed by atoms with Crippen LogP contribution in [0.5, 0.6) is 0 Å². The number of imidazole rings is 1. The molecule has 0 amide bonds. The number of nitrogens with zero attached hydrogens (tertiary/aromatic N) is 2. The van der Waals surface area contributed by atoms with Gasteiger partial charge in [-0.25, -0.2) is 9.78 Å². The summed E-state index contributed by atoms with van der Waals surface area (Å²) >= 11 is 0. The number of carbonyl (C=O) groups is 1. The van der Waals surface area contributed by atoms with E-state index in [0.717, 1.165) is 43.6 Å². The molecule has 0 aliphatic heterocycles. The molecule has 24 heavy (non-hydrogen) atoms. The van der Waals surface area contributed by atoms with Gasteiger partial charge in [-0.15, -0.1) is 0 Å². The van der Waals surface area contributed by atoms with Gasteiger partial charge in [-0.05, 0) is 49.7 Å². The molecule has 1 aliphatic carbocycles. The van der Waals surface area contributed by atoms with Crippen molar-refractivity contribution in [1.29, 1.82) is 0 Å². The second kappa shape index (κ2) is 7.62. The van der Waals surface area contributed by atoms with Crippen molar-refractivity contribution in [2.24, 2.45) is 11.8 Å². The number of aliphatic hydroxyl groups excluding tert-OH is 1. The van der Waals surface area contributed by atoms with Gasteiger partial charge in [0.1, 0.15) is 5.82 Å². The summed E-state index contributed by atoms with van der Waals surface area (Å²) in [6, 6.07) is 7.40. The second-order valence-electron chi connectivity index (χ2n) is 6.54. The Labute approximate surface area is 142 Å². The van der Waals surface area contributed by atoms with Crippen LogP contribution in [0, 0.1) is 11.8 Å². The molecule has 0 unspecified atom stereocenters. The lowest BCUT2D eigenvalue weighted by Gasteiger charge is -2.27. The van der Waals surface area contributed by atoms with Crippen molar-refractivity contribution < 1.29 is 14.6 Å². The van der Waals surface area contributed by atoms with E-state index in [4.69, 9.17) is 4.74 Å². The highest BCUT2D eigenvalue weighted by Gasteiger charge is 2.21. The van der Waals surface area contributed by atoms with Crippen molar-refractivity contribution in [2.75, 3.05) is 13.7 Å². The molecular weight excluding hydrogens is 304 g/mol. The predicted octanol–water partition coefficient (Wildman–Crippen LogP) is 3.14. The van der Waals surface area contributed by atoms with Gasteiger partial charge in [-0.2, -0.15) is 0 Å². The maximum absolute atomic E-state index is 11.7. The van der Waals surface area contributed by atoms with Crippen molar-refractivity contribution in [3.8, 4) is 11.4 Å². The molecule has 0 bridgehead atoms. The van der Waals surface area contributed by atoms with Gasteiger partial charge >= 0.3 is 5.97 Å². The molecule has 0 radical (unpaired) electrons. The van der Waals surface area contributed by atoms with Gasteiger partial charge in [0.25, 0.3) is 0 Å².